The molecule has 1 N–H and O–H groups in total. The molecule has 0 radical (unpaired) electrons. The summed E-state index contributed by atoms with van der Waals surface area (Å²) < 4.78 is 11.1. The van der Waals surface area contributed by atoms with Crippen LogP contribution in [0.3, 0.4) is 0 Å². The van der Waals surface area contributed by atoms with Gasteiger partial charge in [-0.2, -0.15) is 4.98 Å². The topological polar surface area (TPSA) is 71.6 Å². The maximum atomic E-state index is 10.1. The van der Waals surface area contributed by atoms with Crippen LogP contribution in [0.5, 0.6) is 5.75 Å². The fourth-order valence-electron chi connectivity index (χ4n) is 3.13. The molecule has 1 aromatic heterocycles. The van der Waals surface area contributed by atoms with Crippen molar-refractivity contribution in [3.8, 4) is 5.75 Å². The zero-order chi connectivity index (χ0) is 17.5. The van der Waals surface area contributed by atoms with Crippen molar-refractivity contribution in [2.24, 2.45) is 0 Å². The van der Waals surface area contributed by atoms with Gasteiger partial charge in [0.2, 0.25) is 5.89 Å². The van der Waals surface area contributed by atoms with Crippen molar-refractivity contribution in [3.63, 3.8) is 0 Å². The van der Waals surface area contributed by atoms with Gasteiger partial charge in [0.1, 0.15) is 5.75 Å². The van der Waals surface area contributed by atoms with Gasteiger partial charge in [0.05, 0.1) is 12.6 Å². The Balaban J connectivity index is 1.67. The number of aromatic nitrogens is 2. The molecule has 25 heavy (non-hydrogen) atoms. The van der Waals surface area contributed by atoms with Crippen LogP contribution in [-0.2, 0) is 24.2 Å². The first-order valence-electron chi connectivity index (χ1n) is 9.17. The molecule has 6 nitrogen and oxygen atoms in total. The molecule has 0 aliphatic carbocycles. The Bertz CT molecular complexity index is 653. The summed E-state index contributed by atoms with van der Waals surface area (Å²) in [6.45, 7) is 4.99. The number of para-hydroxylation sites is 1. The van der Waals surface area contributed by atoms with Crippen LogP contribution >= 0.6 is 0 Å². The highest BCUT2D eigenvalue weighted by atomic mass is 16.5. The molecule has 1 unspecified atom stereocenters. The van der Waals surface area contributed by atoms with Gasteiger partial charge < -0.3 is 14.4 Å². The van der Waals surface area contributed by atoms with E-state index in [1.165, 1.54) is 0 Å². The third-order valence-electron chi connectivity index (χ3n) is 4.49. The second-order valence-corrected chi connectivity index (χ2v) is 6.64. The monoisotopic (exact) mass is 345 g/mol. The summed E-state index contributed by atoms with van der Waals surface area (Å²) in [5, 5.41) is 14.2. The van der Waals surface area contributed by atoms with E-state index in [1.54, 1.807) is 6.07 Å². The quantitative estimate of drug-likeness (QED) is 0.752. The zero-order valence-corrected chi connectivity index (χ0v) is 14.9. The molecule has 1 atom stereocenters. The summed E-state index contributed by atoms with van der Waals surface area (Å²) in [4.78, 5) is 6.73. The van der Waals surface area contributed by atoms with Crippen LogP contribution in [-0.4, -0.2) is 39.4 Å². The maximum absolute atomic E-state index is 10.1. The molecule has 3 rings (SSSR count). The van der Waals surface area contributed by atoms with E-state index < -0.39 is 0 Å². The molecule has 136 valence electrons. The maximum Gasteiger partial charge on any atom is 0.226 e. The first-order valence-corrected chi connectivity index (χ1v) is 9.17. The molecule has 2 heterocycles. The van der Waals surface area contributed by atoms with Crippen LogP contribution < -0.4 is 0 Å². The molecule has 0 bridgehead atoms. The van der Waals surface area contributed by atoms with Gasteiger partial charge in [-0.1, -0.05) is 36.7 Å². The van der Waals surface area contributed by atoms with Gasteiger partial charge >= 0.3 is 0 Å². The predicted octanol–water partition coefficient (Wildman–Crippen LogP) is 3.30. The lowest BCUT2D eigenvalue weighted by atomic mass is 10.1. The van der Waals surface area contributed by atoms with E-state index in [0.29, 0.717) is 30.6 Å². The summed E-state index contributed by atoms with van der Waals surface area (Å²) in [7, 11) is 0. The van der Waals surface area contributed by atoms with Gasteiger partial charge in [0, 0.05) is 31.7 Å². The fraction of sp³-hybridized carbons (Fsp3) is 0.579. The highest BCUT2D eigenvalue weighted by Gasteiger charge is 2.21. The first kappa shape index (κ1) is 17.9. The standard InChI is InChI=1S/C19H27N3O3/c1-2-3-10-19-20-18(21-25-19)14-22(13-16-8-6-11-24-16)12-15-7-4-5-9-17(15)23/h4-5,7,9,16,23H,2-3,6,8,10-14H2,1H3. The molecule has 1 aliphatic rings. The third kappa shape index (κ3) is 5.28. The zero-order valence-electron chi connectivity index (χ0n) is 14.9. The fourth-order valence-corrected chi connectivity index (χ4v) is 3.13. The number of hydrogen-bond donors (Lipinski definition) is 1. The van der Waals surface area contributed by atoms with Crippen molar-refractivity contribution in [1.29, 1.82) is 0 Å². The van der Waals surface area contributed by atoms with E-state index >= 15 is 0 Å². The Kier molecular flexibility index (Phi) is 6.42. The number of hydrogen-bond acceptors (Lipinski definition) is 6. The van der Waals surface area contributed by atoms with E-state index in [0.717, 1.165) is 50.8 Å². The van der Waals surface area contributed by atoms with Crippen molar-refractivity contribution in [3.05, 3.63) is 41.5 Å². The summed E-state index contributed by atoms with van der Waals surface area (Å²) >= 11 is 0. The molecular formula is C19H27N3O3. The van der Waals surface area contributed by atoms with Crippen LogP contribution in [0.1, 0.15) is 49.9 Å². The molecule has 0 spiro atoms. The molecule has 1 aromatic carbocycles. The number of rotatable bonds is 9. The number of nitrogens with zero attached hydrogens (tertiary/aromatic N) is 3. The second kappa shape index (κ2) is 8.97. The van der Waals surface area contributed by atoms with Gasteiger partial charge in [0.15, 0.2) is 5.82 Å². The van der Waals surface area contributed by atoms with Gasteiger partial charge in [-0.3, -0.25) is 4.90 Å². The van der Waals surface area contributed by atoms with Crippen molar-refractivity contribution in [2.75, 3.05) is 13.2 Å². The highest BCUT2D eigenvalue weighted by Crippen LogP contribution is 2.21. The Hall–Kier alpha value is -1.92. The predicted molar refractivity (Wildman–Crippen MR) is 94.1 cm³/mol. The Morgan fingerprint density at radius 2 is 2.16 bits per heavy atom. The minimum atomic E-state index is 0.234. The van der Waals surface area contributed by atoms with E-state index in [-0.39, 0.29) is 6.10 Å². The van der Waals surface area contributed by atoms with Crippen molar-refractivity contribution in [2.45, 2.75) is 58.2 Å². The number of phenolic OH excluding ortho intramolecular Hbond substituents is 1. The van der Waals surface area contributed by atoms with Crippen molar-refractivity contribution < 1.29 is 14.4 Å². The molecule has 1 fully saturated rings. The van der Waals surface area contributed by atoms with Gasteiger partial charge in [-0.15, -0.1) is 0 Å². The highest BCUT2D eigenvalue weighted by molar-refractivity contribution is 5.31. The minimum absolute atomic E-state index is 0.234. The van der Waals surface area contributed by atoms with Crippen molar-refractivity contribution >= 4 is 0 Å². The lowest BCUT2D eigenvalue weighted by Gasteiger charge is -2.24. The number of aryl methyl sites for hydroxylation is 1. The number of phenols is 1. The summed E-state index contributed by atoms with van der Waals surface area (Å²) in [6.07, 6.45) is 5.41. The normalized spacial score (nSPS) is 17.4. The average Bonchev–Trinajstić information content (AvgIpc) is 3.27. The molecular weight excluding hydrogens is 318 g/mol. The Morgan fingerprint density at radius 1 is 1.28 bits per heavy atom. The summed E-state index contributed by atoms with van der Waals surface area (Å²) in [5.41, 5.74) is 0.898. The first-order chi connectivity index (χ1) is 12.2. The largest absolute Gasteiger partial charge is 0.508 e. The molecule has 0 saturated carbocycles. The molecule has 1 saturated heterocycles. The number of unbranched alkanes of at least 4 members (excludes halogenated alkanes) is 1. The van der Waals surface area contributed by atoms with Crippen molar-refractivity contribution in [1.82, 2.24) is 15.0 Å². The summed E-state index contributed by atoms with van der Waals surface area (Å²) in [5.74, 6) is 1.72. The lowest BCUT2D eigenvalue weighted by Crippen LogP contribution is -2.31. The van der Waals surface area contributed by atoms with E-state index in [4.69, 9.17) is 9.26 Å². The molecule has 2 aromatic rings. The SMILES string of the molecule is CCCCc1nc(CN(Cc2ccccc2O)CC2CCCO2)no1. The number of benzene rings is 1. The summed E-state index contributed by atoms with van der Waals surface area (Å²) in [6, 6.07) is 7.44. The Morgan fingerprint density at radius 3 is 2.92 bits per heavy atom. The smallest absolute Gasteiger partial charge is 0.226 e. The van der Waals surface area contributed by atoms with E-state index in [1.807, 2.05) is 18.2 Å². The molecule has 1 aliphatic heterocycles. The van der Waals surface area contributed by atoms with Gasteiger partial charge in [-0.05, 0) is 25.3 Å². The lowest BCUT2D eigenvalue weighted by molar-refractivity contribution is 0.0664. The van der Waals surface area contributed by atoms with Gasteiger partial charge in [0.25, 0.3) is 0 Å². The molecule has 6 heteroatoms. The number of ether oxygens (including phenoxy) is 1. The van der Waals surface area contributed by atoms with Crippen LogP contribution in [0.2, 0.25) is 0 Å². The van der Waals surface area contributed by atoms with Gasteiger partial charge in [-0.25, -0.2) is 0 Å². The van der Waals surface area contributed by atoms with Crippen LogP contribution in [0.4, 0.5) is 0 Å². The van der Waals surface area contributed by atoms with E-state index in [9.17, 15) is 5.11 Å². The van der Waals surface area contributed by atoms with E-state index in [2.05, 4.69) is 22.0 Å². The van der Waals surface area contributed by atoms with Crippen LogP contribution in [0, 0.1) is 0 Å². The number of aromatic hydroxyl groups is 1. The minimum Gasteiger partial charge on any atom is -0.508 e. The third-order valence-corrected chi connectivity index (χ3v) is 4.49. The Labute approximate surface area is 148 Å². The van der Waals surface area contributed by atoms with Crippen LogP contribution in [0.15, 0.2) is 28.8 Å². The average molecular weight is 345 g/mol. The second-order valence-electron chi connectivity index (χ2n) is 6.64. The van der Waals surface area contributed by atoms with Crippen LogP contribution in [0.25, 0.3) is 0 Å². The molecule has 0 amide bonds.